The number of carbonyl (C=O) groups excluding carboxylic acids is 2. The summed E-state index contributed by atoms with van der Waals surface area (Å²) in [4.78, 5) is 21.7. The SMILES string of the molecule is O=C(CCl)Nc1cc(Cl)ccc1O.O=C1COc2ccc(Cl)cc2N1. The minimum absolute atomic E-state index is 0.0390. The first kappa shape index (κ1) is 19.2. The number of rotatable bonds is 2. The average Bonchev–Trinajstić information content (AvgIpc) is 2.58. The molecule has 0 spiro atoms. The van der Waals surface area contributed by atoms with Gasteiger partial charge < -0.3 is 20.5 Å². The van der Waals surface area contributed by atoms with Gasteiger partial charge in [-0.1, -0.05) is 23.2 Å². The van der Waals surface area contributed by atoms with E-state index in [1.165, 1.54) is 18.2 Å². The summed E-state index contributed by atoms with van der Waals surface area (Å²) in [5, 5.41) is 15.3. The molecule has 132 valence electrons. The van der Waals surface area contributed by atoms with Crippen molar-refractivity contribution < 1.29 is 19.4 Å². The highest BCUT2D eigenvalue weighted by atomic mass is 35.5. The maximum absolute atomic E-state index is 10.9. The molecule has 2 aromatic carbocycles. The molecule has 6 nitrogen and oxygen atoms in total. The second-order valence-electron chi connectivity index (χ2n) is 4.82. The number of benzene rings is 2. The van der Waals surface area contributed by atoms with Crippen molar-refractivity contribution in [3.8, 4) is 11.5 Å². The Bertz CT molecular complexity index is 799. The fourth-order valence-electron chi connectivity index (χ4n) is 1.85. The van der Waals surface area contributed by atoms with E-state index in [0.29, 0.717) is 21.5 Å². The number of phenolic OH excluding ortho intramolecular Hbond substituents is 1. The van der Waals surface area contributed by atoms with Gasteiger partial charge in [0, 0.05) is 10.0 Å². The molecule has 0 unspecified atom stereocenters. The fraction of sp³-hybridized carbons (Fsp3) is 0.125. The van der Waals surface area contributed by atoms with Crippen molar-refractivity contribution in [2.75, 3.05) is 23.1 Å². The lowest BCUT2D eigenvalue weighted by molar-refractivity contribution is -0.118. The lowest BCUT2D eigenvalue weighted by atomic mass is 10.2. The number of aromatic hydroxyl groups is 1. The molecule has 0 aliphatic carbocycles. The highest BCUT2D eigenvalue weighted by Crippen LogP contribution is 2.30. The Balaban J connectivity index is 0.000000181. The second-order valence-corrected chi connectivity index (χ2v) is 5.96. The van der Waals surface area contributed by atoms with Crippen LogP contribution >= 0.6 is 34.8 Å². The van der Waals surface area contributed by atoms with Gasteiger partial charge in [0.15, 0.2) is 6.61 Å². The second kappa shape index (κ2) is 8.80. The molecule has 1 aliphatic heterocycles. The van der Waals surface area contributed by atoms with E-state index in [1.54, 1.807) is 18.2 Å². The molecule has 2 aromatic rings. The summed E-state index contributed by atoms with van der Waals surface area (Å²) in [7, 11) is 0. The quantitative estimate of drug-likeness (QED) is 0.524. The van der Waals surface area contributed by atoms with Gasteiger partial charge in [0.1, 0.15) is 17.4 Å². The van der Waals surface area contributed by atoms with Crippen LogP contribution in [0.1, 0.15) is 0 Å². The molecule has 0 saturated carbocycles. The van der Waals surface area contributed by atoms with Crippen LogP contribution in [0.15, 0.2) is 36.4 Å². The van der Waals surface area contributed by atoms with Gasteiger partial charge in [0.25, 0.3) is 5.91 Å². The molecule has 0 atom stereocenters. The third-order valence-corrected chi connectivity index (χ3v) is 3.64. The number of hydrogen-bond donors (Lipinski definition) is 3. The third kappa shape index (κ3) is 5.70. The molecule has 25 heavy (non-hydrogen) atoms. The predicted molar refractivity (Wildman–Crippen MR) is 98.0 cm³/mol. The van der Waals surface area contributed by atoms with Gasteiger partial charge in [-0.15, -0.1) is 11.6 Å². The monoisotopic (exact) mass is 402 g/mol. The van der Waals surface area contributed by atoms with Crippen molar-refractivity contribution in [3.05, 3.63) is 46.4 Å². The van der Waals surface area contributed by atoms with Crippen molar-refractivity contribution in [1.82, 2.24) is 0 Å². The van der Waals surface area contributed by atoms with Crippen molar-refractivity contribution in [2.45, 2.75) is 0 Å². The number of amides is 2. The molecule has 0 aromatic heterocycles. The number of anilines is 2. The van der Waals surface area contributed by atoms with Crippen LogP contribution in [-0.2, 0) is 9.59 Å². The molecule has 0 saturated heterocycles. The normalized spacial score (nSPS) is 12.0. The van der Waals surface area contributed by atoms with Crippen LogP contribution in [-0.4, -0.2) is 29.4 Å². The summed E-state index contributed by atoms with van der Waals surface area (Å²) in [5.41, 5.74) is 0.900. The molecule has 3 N–H and O–H groups in total. The van der Waals surface area contributed by atoms with Gasteiger partial charge in [-0.25, -0.2) is 0 Å². The van der Waals surface area contributed by atoms with Gasteiger partial charge in [0.2, 0.25) is 5.91 Å². The van der Waals surface area contributed by atoms with Gasteiger partial charge in [-0.05, 0) is 36.4 Å². The van der Waals surface area contributed by atoms with E-state index in [9.17, 15) is 14.7 Å². The molecule has 0 radical (unpaired) electrons. The lowest BCUT2D eigenvalue weighted by Gasteiger charge is -2.17. The average molecular weight is 404 g/mol. The summed E-state index contributed by atoms with van der Waals surface area (Å²) in [6.07, 6.45) is 0. The maximum Gasteiger partial charge on any atom is 0.262 e. The molecule has 1 aliphatic rings. The van der Waals surface area contributed by atoms with Crippen LogP contribution in [0.4, 0.5) is 11.4 Å². The Morgan fingerprint density at radius 3 is 2.60 bits per heavy atom. The minimum Gasteiger partial charge on any atom is -0.506 e. The highest BCUT2D eigenvalue weighted by Gasteiger charge is 2.15. The zero-order chi connectivity index (χ0) is 18.4. The number of halogens is 3. The number of hydrogen-bond acceptors (Lipinski definition) is 4. The van der Waals surface area contributed by atoms with Crippen LogP contribution in [0, 0.1) is 0 Å². The standard InChI is InChI=1S/C8H7Cl2NO2.C8H6ClNO2/c9-4-8(13)11-6-3-5(10)1-2-7(6)12;9-5-1-2-7-6(3-5)10-8(11)4-12-7/h1-3,12H,4H2,(H,11,13);1-3H,4H2,(H,10,11). The summed E-state index contributed by atoms with van der Waals surface area (Å²) >= 11 is 16.6. The summed E-state index contributed by atoms with van der Waals surface area (Å²) < 4.78 is 5.12. The van der Waals surface area contributed by atoms with E-state index in [2.05, 4.69) is 10.6 Å². The van der Waals surface area contributed by atoms with Gasteiger partial charge in [-0.3, -0.25) is 9.59 Å². The number of alkyl halides is 1. The molecule has 1 heterocycles. The van der Waals surface area contributed by atoms with Crippen LogP contribution in [0.25, 0.3) is 0 Å². The Kier molecular flexibility index (Phi) is 6.75. The van der Waals surface area contributed by atoms with Gasteiger partial charge in [0.05, 0.1) is 11.4 Å². The predicted octanol–water partition coefficient (Wildman–Crippen LogP) is 3.89. The number of ether oxygens (including phenoxy) is 1. The summed E-state index contributed by atoms with van der Waals surface area (Å²) in [6, 6.07) is 9.48. The van der Waals surface area contributed by atoms with Crippen LogP contribution in [0.3, 0.4) is 0 Å². The molecular formula is C16H13Cl3N2O4. The molecule has 3 rings (SSSR count). The van der Waals surface area contributed by atoms with Crippen molar-refractivity contribution in [1.29, 1.82) is 0 Å². The highest BCUT2D eigenvalue weighted by molar-refractivity contribution is 6.31. The van der Waals surface area contributed by atoms with Gasteiger partial charge >= 0.3 is 0 Å². The lowest BCUT2D eigenvalue weighted by Crippen LogP contribution is -2.25. The van der Waals surface area contributed by atoms with E-state index >= 15 is 0 Å². The van der Waals surface area contributed by atoms with Crippen molar-refractivity contribution >= 4 is 58.0 Å². The summed E-state index contributed by atoms with van der Waals surface area (Å²) in [6.45, 7) is 0.0780. The number of fused-ring (bicyclic) bond motifs is 1. The Morgan fingerprint density at radius 1 is 1.20 bits per heavy atom. The van der Waals surface area contributed by atoms with E-state index in [0.717, 1.165) is 0 Å². The van der Waals surface area contributed by atoms with E-state index < -0.39 is 0 Å². The molecule has 0 bridgehead atoms. The summed E-state index contributed by atoms with van der Waals surface area (Å²) in [5.74, 6) is -0.0720. The van der Waals surface area contributed by atoms with E-state index in [4.69, 9.17) is 39.5 Å². The first-order valence-corrected chi connectivity index (χ1v) is 8.24. The largest absolute Gasteiger partial charge is 0.506 e. The molecular weight excluding hydrogens is 391 g/mol. The van der Waals surface area contributed by atoms with Crippen LogP contribution in [0.2, 0.25) is 10.0 Å². The molecule has 2 amide bonds. The number of nitrogens with one attached hydrogen (secondary N) is 2. The van der Waals surface area contributed by atoms with Crippen LogP contribution in [0.5, 0.6) is 11.5 Å². The number of phenols is 1. The van der Waals surface area contributed by atoms with Crippen LogP contribution < -0.4 is 15.4 Å². The smallest absolute Gasteiger partial charge is 0.262 e. The third-order valence-electron chi connectivity index (χ3n) is 2.93. The number of carbonyl (C=O) groups is 2. The minimum atomic E-state index is -0.390. The van der Waals surface area contributed by atoms with Gasteiger partial charge in [-0.2, -0.15) is 0 Å². The maximum atomic E-state index is 10.9. The first-order valence-electron chi connectivity index (χ1n) is 6.95. The Hall–Kier alpha value is -2.15. The zero-order valence-electron chi connectivity index (χ0n) is 12.7. The van der Waals surface area contributed by atoms with Crippen molar-refractivity contribution in [3.63, 3.8) is 0 Å². The van der Waals surface area contributed by atoms with E-state index in [-0.39, 0.29) is 35.7 Å². The fourth-order valence-corrected chi connectivity index (χ4v) is 2.26. The topological polar surface area (TPSA) is 87.7 Å². The van der Waals surface area contributed by atoms with Crippen molar-refractivity contribution in [2.24, 2.45) is 0 Å². The Labute approximate surface area is 158 Å². The molecule has 9 heteroatoms. The zero-order valence-corrected chi connectivity index (χ0v) is 15.0. The molecule has 0 fully saturated rings. The first-order chi connectivity index (χ1) is 11.9. The Morgan fingerprint density at radius 2 is 1.88 bits per heavy atom. The van der Waals surface area contributed by atoms with E-state index in [1.807, 2.05) is 0 Å².